The highest BCUT2D eigenvalue weighted by atomic mass is 15.0. The van der Waals surface area contributed by atoms with Crippen LogP contribution in [0.3, 0.4) is 0 Å². The van der Waals surface area contributed by atoms with E-state index in [9.17, 15) is 0 Å². The summed E-state index contributed by atoms with van der Waals surface area (Å²) < 4.78 is 4.91. The van der Waals surface area contributed by atoms with E-state index >= 15 is 0 Å². The molecule has 5 aliphatic carbocycles. The van der Waals surface area contributed by atoms with Crippen molar-refractivity contribution in [2.45, 2.75) is 37.5 Å². The smallest absolute Gasteiger partial charge is 0.0541 e. The molecule has 9 aromatic rings. The first kappa shape index (κ1) is 35.2. The van der Waals surface area contributed by atoms with E-state index in [2.05, 4.69) is 209 Å². The Labute approximate surface area is 367 Å². The van der Waals surface area contributed by atoms with Crippen LogP contribution in [-0.2, 0) is 5.41 Å². The van der Waals surface area contributed by atoms with E-state index in [-0.39, 0.29) is 5.41 Å². The van der Waals surface area contributed by atoms with Gasteiger partial charge in [-0.05, 0) is 148 Å². The maximum absolute atomic E-state index is 2.61. The van der Waals surface area contributed by atoms with Gasteiger partial charge < -0.3 is 9.13 Å². The van der Waals surface area contributed by atoms with Crippen LogP contribution in [-0.4, -0.2) is 9.13 Å². The van der Waals surface area contributed by atoms with Crippen molar-refractivity contribution in [3.05, 3.63) is 234 Å². The number of aromatic nitrogens is 2. The Morgan fingerprint density at radius 1 is 0.476 bits per heavy atom. The van der Waals surface area contributed by atoms with Gasteiger partial charge in [0.1, 0.15) is 0 Å². The second-order valence-corrected chi connectivity index (χ2v) is 18.1. The molecule has 7 aromatic carbocycles. The molecule has 0 radical (unpaired) electrons. The third-order valence-electron chi connectivity index (χ3n) is 15.2. The summed E-state index contributed by atoms with van der Waals surface area (Å²) in [4.78, 5) is 0. The second-order valence-electron chi connectivity index (χ2n) is 18.1. The third-order valence-corrected chi connectivity index (χ3v) is 15.2. The van der Waals surface area contributed by atoms with Crippen molar-refractivity contribution in [2.24, 2.45) is 5.92 Å². The zero-order valence-electron chi connectivity index (χ0n) is 35.1. The van der Waals surface area contributed by atoms with Crippen molar-refractivity contribution in [2.75, 3.05) is 0 Å². The summed E-state index contributed by atoms with van der Waals surface area (Å²) in [5, 5.41) is 5.22. The molecule has 0 saturated carbocycles. The molecule has 2 atom stereocenters. The summed E-state index contributed by atoms with van der Waals surface area (Å²) in [6.45, 7) is 0. The van der Waals surface area contributed by atoms with E-state index in [1.54, 1.807) is 11.1 Å². The zero-order chi connectivity index (χ0) is 41.2. The predicted octanol–water partition coefficient (Wildman–Crippen LogP) is 15.7. The van der Waals surface area contributed by atoms with E-state index in [1.165, 1.54) is 105 Å². The van der Waals surface area contributed by atoms with Gasteiger partial charge in [0.2, 0.25) is 0 Å². The first-order chi connectivity index (χ1) is 31.3. The summed E-state index contributed by atoms with van der Waals surface area (Å²) in [5.74, 6) is 0.362. The van der Waals surface area contributed by atoms with Crippen molar-refractivity contribution in [3.8, 4) is 27.9 Å². The minimum Gasteiger partial charge on any atom is -0.313 e. The van der Waals surface area contributed by atoms with E-state index in [0.717, 1.165) is 32.1 Å². The highest BCUT2D eigenvalue weighted by Crippen LogP contribution is 2.66. The molecule has 2 heteroatoms. The number of nitrogens with zero attached hydrogens (tertiary/aromatic N) is 2. The average molecular weight is 805 g/mol. The van der Waals surface area contributed by atoms with Crippen molar-refractivity contribution < 1.29 is 0 Å². The second kappa shape index (κ2) is 13.3. The van der Waals surface area contributed by atoms with Crippen molar-refractivity contribution >= 4 is 54.9 Å². The van der Waals surface area contributed by atoms with E-state index < -0.39 is 0 Å². The van der Waals surface area contributed by atoms with Gasteiger partial charge in [-0.25, -0.2) is 0 Å². The molecule has 2 unspecified atom stereocenters. The maximum atomic E-state index is 2.61. The quantitative estimate of drug-likeness (QED) is 0.168. The molecule has 63 heavy (non-hydrogen) atoms. The fourth-order valence-electron chi connectivity index (χ4n) is 12.6. The van der Waals surface area contributed by atoms with E-state index in [4.69, 9.17) is 0 Å². The lowest BCUT2D eigenvalue weighted by Crippen LogP contribution is -2.34. The highest BCUT2D eigenvalue weighted by Gasteiger charge is 2.57. The number of rotatable bonds is 4. The molecule has 2 heterocycles. The Bertz CT molecular complexity index is 3540. The molecule has 5 aliphatic rings. The van der Waals surface area contributed by atoms with Crippen LogP contribution in [0.25, 0.3) is 82.8 Å². The Hall–Kier alpha value is -7.42. The third kappa shape index (κ3) is 4.84. The first-order valence-electron chi connectivity index (χ1n) is 22.8. The van der Waals surface area contributed by atoms with Gasteiger partial charge >= 0.3 is 0 Å². The lowest BCUT2D eigenvalue weighted by molar-refractivity contribution is 0.464. The molecular weight excluding hydrogens is 761 g/mol. The lowest BCUT2D eigenvalue weighted by Gasteiger charge is -2.38. The van der Waals surface area contributed by atoms with Crippen molar-refractivity contribution in [3.63, 3.8) is 0 Å². The summed E-state index contributed by atoms with van der Waals surface area (Å²) in [6, 6.07) is 59.4. The van der Waals surface area contributed by atoms with E-state index in [0.29, 0.717) is 5.92 Å². The standard InChI is InChI=1S/C61H44N2/c1-7-19-53-45(13-1)46-14-2-8-20-54(46)61(53)55-37-41(39-25-31-43(32-26-39)62-57-21-9-3-15-49(57)50-16-4-10-22-58(50)62)29-35-47(55)48-36-30-42(38-56(48)61)40-27-33-44(34-28-40)63-59-23-11-5-17-51(59)52-18-6-12-24-60(52)63/h1,3-13,15-18,20-27,29-33,35-38,53H,2,14,19,28,34H2. The van der Waals surface area contributed by atoms with Crippen LogP contribution in [0.15, 0.2) is 217 Å². The monoisotopic (exact) mass is 804 g/mol. The molecular formula is C61H44N2. The van der Waals surface area contributed by atoms with Gasteiger partial charge in [-0.2, -0.15) is 0 Å². The van der Waals surface area contributed by atoms with Crippen LogP contribution >= 0.6 is 0 Å². The van der Waals surface area contributed by atoms with Gasteiger partial charge in [0.25, 0.3) is 0 Å². The Kier molecular flexibility index (Phi) is 7.43. The molecule has 1 spiro atoms. The number of fused-ring (bicyclic) bond motifs is 15. The average Bonchev–Trinajstić information content (AvgIpc) is 4.06. The van der Waals surface area contributed by atoms with Gasteiger partial charge in [0.05, 0.1) is 27.5 Å². The van der Waals surface area contributed by atoms with Gasteiger partial charge in [-0.3, -0.25) is 0 Å². The molecule has 298 valence electrons. The molecule has 0 aliphatic heterocycles. The fraction of sp³-hybridized carbons (Fsp3) is 0.115. The minimum absolute atomic E-state index is 0.248. The summed E-state index contributed by atoms with van der Waals surface area (Å²) in [7, 11) is 0. The number of allylic oxidation sites excluding steroid dienone is 12. The molecule has 14 rings (SSSR count). The SMILES string of the molecule is C1=CCC2C(=C1)C1=C(C=CCC1)C21c2cc(C3=CC=C(n4c5ccccc5c5ccccc54)CC3)ccc2-c2ccc(-c3ccc(-n4c5ccccc5c5ccccc54)cc3)cc21. The van der Waals surface area contributed by atoms with Crippen LogP contribution in [0.5, 0.6) is 0 Å². The van der Waals surface area contributed by atoms with Crippen LogP contribution < -0.4 is 0 Å². The van der Waals surface area contributed by atoms with Crippen LogP contribution in [0, 0.1) is 5.92 Å². The Balaban J connectivity index is 0.899. The van der Waals surface area contributed by atoms with Gasteiger partial charge in [-0.1, -0.05) is 146 Å². The number of hydrogen-bond donors (Lipinski definition) is 0. The number of benzene rings is 7. The topological polar surface area (TPSA) is 9.86 Å². The first-order valence-corrected chi connectivity index (χ1v) is 22.8. The van der Waals surface area contributed by atoms with Gasteiger partial charge in [0.15, 0.2) is 0 Å². The maximum Gasteiger partial charge on any atom is 0.0541 e. The lowest BCUT2D eigenvalue weighted by atomic mass is 9.63. The molecule has 0 amide bonds. The van der Waals surface area contributed by atoms with Crippen molar-refractivity contribution in [1.82, 2.24) is 9.13 Å². The van der Waals surface area contributed by atoms with Crippen LogP contribution in [0.2, 0.25) is 0 Å². The van der Waals surface area contributed by atoms with Crippen molar-refractivity contribution in [1.29, 1.82) is 0 Å². The van der Waals surface area contributed by atoms with Gasteiger partial charge in [0, 0.05) is 38.8 Å². The summed E-state index contributed by atoms with van der Waals surface area (Å²) in [5.41, 5.74) is 23.0. The number of para-hydroxylation sites is 4. The Morgan fingerprint density at radius 3 is 1.67 bits per heavy atom. The summed E-state index contributed by atoms with van der Waals surface area (Å²) >= 11 is 0. The highest BCUT2D eigenvalue weighted by molar-refractivity contribution is 6.11. The zero-order valence-corrected chi connectivity index (χ0v) is 35.1. The van der Waals surface area contributed by atoms with Crippen LogP contribution in [0.1, 0.15) is 48.8 Å². The minimum atomic E-state index is -0.248. The molecule has 0 fully saturated rings. The van der Waals surface area contributed by atoms with E-state index in [1.807, 2.05) is 0 Å². The molecule has 0 bridgehead atoms. The molecule has 0 saturated heterocycles. The number of hydrogen-bond acceptors (Lipinski definition) is 0. The normalized spacial score (nSPS) is 19.7. The molecule has 2 aromatic heterocycles. The summed E-state index contributed by atoms with van der Waals surface area (Å²) in [6.07, 6.45) is 22.2. The largest absolute Gasteiger partial charge is 0.313 e. The fourth-order valence-corrected chi connectivity index (χ4v) is 12.6. The van der Waals surface area contributed by atoms with Gasteiger partial charge in [-0.15, -0.1) is 0 Å². The molecule has 0 N–H and O–H groups in total. The molecule has 2 nitrogen and oxygen atoms in total. The predicted molar refractivity (Wildman–Crippen MR) is 264 cm³/mol. The van der Waals surface area contributed by atoms with Crippen LogP contribution in [0.4, 0.5) is 0 Å². The Morgan fingerprint density at radius 2 is 1.05 bits per heavy atom.